The highest BCUT2D eigenvalue weighted by Crippen LogP contribution is 2.31. The number of carbonyl (C=O) groups is 1. The lowest BCUT2D eigenvalue weighted by molar-refractivity contribution is -0.384. The van der Waals surface area contributed by atoms with Crippen molar-refractivity contribution < 1.29 is 9.72 Å². The molecule has 0 spiro atoms. The second-order valence-corrected chi connectivity index (χ2v) is 6.58. The van der Waals surface area contributed by atoms with Gasteiger partial charge in [0.15, 0.2) is 5.78 Å². The molecule has 0 aliphatic heterocycles. The first-order chi connectivity index (χ1) is 9.70. The summed E-state index contributed by atoms with van der Waals surface area (Å²) in [5, 5.41) is 11.5. The van der Waals surface area contributed by atoms with Crippen molar-refractivity contribution in [2.75, 3.05) is 0 Å². The number of benzene rings is 1. The highest BCUT2D eigenvalue weighted by molar-refractivity contribution is 6.08. The van der Waals surface area contributed by atoms with E-state index >= 15 is 0 Å². The van der Waals surface area contributed by atoms with Crippen LogP contribution in [0, 0.1) is 21.4 Å². The maximum atomic E-state index is 12.5. The summed E-state index contributed by atoms with van der Waals surface area (Å²) in [5.74, 6) is 0.248. The van der Waals surface area contributed by atoms with Gasteiger partial charge in [-0.05, 0) is 17.4 Å². The van der Waals surface area contributed by atoms with Crippen LogP contribution >= 0.6 is 0 Å². The van der Waals surface area contributed by atoms with E-state index in [2.05, 4.69) is 32.7 Å². The molecule has 1 heterocycles. The molecule has 0 saturated carbocycles. The summed E-state index contributed by atoms with van der Waals surface area (Å²) in [4.78, 5) is 25.9. The Bertz CT molecular complexity index is 695. The topological polar surface area (TPSA) is 76.0 Å². The summed E-state index contributed by atoms with van der Waals surface area (Å²) >= 11 is 0. The number of fused-ring (bicyclic) bond motifs is 1. The number of nitro benzene ring substituents is 1. The van der Waals surface area contributed by atoms with Crippen molar-refractivity contribution in [3.8, 4) is 0 Å². The summed E-state index contributed by atoms with van der Waals surface area (Å²) < 4.78 is 0. The number of H-pyrrole nitrogens is 1. The summed E-state index contributed by atoms with van der Waals surface area (Å²) in [5.41, 5.74) is 1.32. The van der Waals surface area contributed by atoms with Gasteiger partial charge in [0.2, 0.25) is 0 Å². The molecule has 5 nitrogen and oxygen atoms in total. The van der Waals surface area contributed by atoms with E-state index in [9.17, 15) is 14.9 Å². The third kappa shape index (κ3) is 3.12. The molecule has 0 bridgehead atoms. The Morgan fingerprint density at radius 3 is 2.62 bits per heavy atom. The highest BCUT2D eigenvalue weighted by Gasteiger charge is 2.24. The van der Waals surface area contributed by atoms with E-state index in [1.807, 2.05) is 0 Å². The van der Waals surface area contributed by atoms with Crippen LogP contribution in [0.3, 0.4) is 0 Å². The molecular formula is C16H20N2O3. The number of carbonyl (C=O) groups excluding carboxylic acids is 1. The Hall–Kier alpha value is -2.17. The number of hydrogen-bond donors (Lipinski definition) is 1. The zero-order chi connectivity index (χ0) is 15.8. The Morgan fingerprint density at radius 2 is 2.05 bits per heavy atom. The van der Waals surface area contributed by atoms with Crippen molar-refractivity contribution in [2.45, 2.75) is 34.1 Å². The molecule has 0 aliphatic rings. The van der Waals surface area contributed by atoms with Gasteiger partial charge in [0.25, 0.3) is 5.69 Å². The number of Topliss-reactive ketones (excluding diaryl/α,β-unsaturated/α-hetero) is 1. The maximum absolute atomic E-state index is 12.5. The van der Waals surface area contributed by atoms with Gasteiger partial charge in [-0.3, -0.25) is 14.9 Å². The van der Waals surface area contributed by atoms with Gasteiger partial charge in [-0.2, -0.15) is 0 Å². The molecule has 0 amide bonds. The normalized spacial score (nSPS) is 13.3. The molecule has 5 heteroatoms. The second-order valence-electron chi connectivity index (χ2n) is 6.58. The number of nitrogens with zero attached hydrogens (tertiary/aromatic N) is 1. The summed E-state index contributed by atoms with van der Waals surface area (Å²) in [6.07, 6.45) is 2.07. The fraction of sp³-hybridized carbons (Fsp3) is 0.438. The van der Waals surface area contributed by atoms with E-state index in [1.165, 1.54) is 12.1 Å². The largest absolute Gasteiger partial charge is 0.360 e. The lowest BCUT2D eigenvalue weighted by atomic mass is 9.78. The molecule has 21 heavy (non-hydrogen) atoms. The summed E-state index contributed by atoms with van der Waals surface area (Å²) in [6, 6.07) is 4.53. The van der Waals surface area contributed by atoms with Crippen molar-refractivity contribution in [3.05, 3.63) is 40.1 Å². The van der Waals surface area contributed by atoms with Crippen molar-refractivity contribution in [1.82, 2.24) is 4.98 Å². The van der Waals surface area contributed by atoms with Crippen molar-refractivity contribution in [1.29, 1.82) is 0 Å². The van der Waals surface area contributed by atoms with Crippen LogP contribution in [0.25, 0.3) is 10.9 Å². The minimum Gasteiger partial charge on any atom is -0.360 e. The molecule has 2 aromatic rings. The van der Waals surface area contributed by atoms with Crippen LogP contribution < -0.4 is 0 Å². The number of nitro groups is 1. The van der Waals surface area contributed by atoms with Crippen LogP contribution in [0.15, 0.2) is 24.4 Å². The predicted octanol–water partition coefficient (Wildman–Crippen LogP) is 4.33. The van der Waals surface area contributed by atoms with E-state index in [0.717, 1.165) is 5.52 Å². The minimum absolute atomic E-state index is 0.0000184. The van der Waals surface area contributed by atoms with Crippen LogP contribution in [-0.2, 0) is 0 Å². The molecule has 0 saturated heterocycles. The van der Waals surface area contributed by atoms with Crippen LogP contribution in [0.1, 0.15) is 44.5 Å². The number of aromatic nitrogens is 1. The van der Waals surface area contributed by atoms with Gasteiger partial charge in [0, 0.05) is 41.2 Å². The third-order valence-electron chi connectivity index (χ3n) is 4.15. The molecule has 1 N–H and O–H groups in total. The average molecular weight is 288 g/mol. The fourth-order valence-corrected chi connectivity index (χ4v) is 2.15. The Morgan fingerprint density at radius 1 is 1.38 bits per heavy atom. The minimum atomic E-state index is -0.446. The lowest BCUT2D eigenvalue weighted by Gasteiger charge is -2.26. The molecule has 0 fully saturated rings. The standard InChI is InChI=1S/C16H20N2O3/c1-10(16(2,3)4)7-15(19)13-9-17-14-6-5-11(18(20)21)8-12(13)14/h5-6,8-10,17H,7H2,1-4H3. The second kappa shape index (κ2) is 5.31. The first-order valence-corrected chi connectivity index (χ1v) is 6.99. The first kappa shape index (κ1) is 15.2. The van der Waals surface area contributed by atoms with Crippen molar-refractivity contribution in [2.24, 2.45) is 11.3 Å². The lowest BCUT2D eigenvalue weighted by Crippen LogP contribution is -2.20. The quantitative estimate of drug-likeness (QED) is 0.516. The molecular weight excluding hydrogens is 268 g/mol. The number of nitrogens with one attached hydrogen (secondary N) is 1. The van der Waals surface area contributed by atoms with Crippen LogP contribution in [0.2, 0.25) is 0 Å². The number of hydrogen-bond acceptors (Lipinski definition) is 3. The zero-order valence-corrected chi connectivity index (χ0v) is 12.8. The van der Waals surface area contributed by atoms with Crippen LogP contribution in [0.5, 0.6) is 0 Å². The van der Waals surface area contributed by atoms with Crippen LogP contribution in [0.4, 0.5) is 5.69 Å². The third-order valence-corrected chi connectivity index (χ3v) is 4.15. The predicted molar refractivity (Wildman–Crippen MR) is 82.5 cm³/mol. The van der Waals surface area contributed by atoms with Gasteiger partial charge in [0.05, 0.1) is 4.92 Å². The SMILES string of the molecule is CC(CC(=O)c1c[nH]c2ccc([N+](=O)[O-])cc12)C(C)(C)C. The van der Waals surface area contributed by atoms with Gasteiger partial charge in [-0.1, -0.05) is 27.7 Å². The van der Waals surface area contributed by atoms with E-state index in [-0.39, 0.29) is 22.8 Å². The Kier molecular flexibility index (Phi) is 3.85. The van der Waals surface area contributed by atoms with Gasteiger partial charge < -0.3 is 4.98 Å². The number of ketones is 1. The molecule has 0 aliphatic carbocycles. The Labute approximate surface area is 123 Å². The summed E-state index contributed by atoms with van der Waals surface area (Å²) in [7, 11) is 0. The van der Waals surface area contributed by atoms with Crippen molar-refractivity contribution in [3.63, 3.8) is 0 Å². The zero-order valence-electron chi connectivity index (χ0n) is 12.8. The van der Waals surface area contributed by atoms with Gasteiger partial charge in [0.1, 0.15) is 0 Å². The van der Waals surface area contributed by atoms with Gasteiger partial charge in [-0.25, -0.2) is 0 Å². The number of aromatic amines is 1. The van der Waals surface area contributed by atoms with Gasteiger partial charge in [-0.15, -0.1) is 0 Å². The monoisotopic (exact) mass is 288 g/mol. The molecule has 0 radical (unpaired) electrons. The molecule has 1 unspecified atom stereocenters. The molecule has 1 atom stereocenters. The van der Waals surface area contributed by atoms with E-state index in [1.54, 1.807) is 12.3 Å². The van der Waals surface area contributed by atoms with Crippen molar-refractivity contribution >= 4 is 22.4 Å². The molecule has 2 rings (SSSR count). The number of non-ortho nitro benzene ring substituents is 1. The van der Waals surface area contributed by atoms with Gasteiger partial charge >= 0.3 is 0 Å². The van der Waals surface area contributed by atoms with Crippen LogP contribution in [-0.4, -0.2) is 15.7 Å². The fourth-order valence-electron chi connectivity index (χ4n) is 2.15. The maximum Gasteiger partial charge on any atom is 0.270 e. The smallest absolute Gasteiger partial charge is 0.270 e. The molecule has 1 aromatic carbocycles. The van der Waals surface area contributed by atoms with E-state index in [0.29, 0.717) is 17.4 Å². The average Bonchev–Trinajstić information content (AvgIpc) is 2.80. The molecule has 112 valence electrons. The van der Waals surface area contributed by atoms with E-state index in [4.69, 9.17) is 0 Å². The highest BCUT2D eigenvalue weighted by atomic mass is 16.6. The van der Waals surface area contributed by atoms with E-state index < -0.39 is 4.92 Å². The Balaban J connectivity index is 2.35. The summed E-state index contributed by atoms with van der Waals surface area (Å²) in [6.45, 7) is 8.36. The number of rotatable bonds is 4. The first-order valence-electron chi connectivity index (χ1n) is 6.99. The molecule has 1 aromatic heterocycles.